The number of benzene rings is 2. The minimum absolute atomic E-state index is 0.00180. The first-order valence-electron chi connectivity index (χ1n) is 9.10. The van der Waals surface area contributed by atoms with Gasteiger partial charge in [0, 0.05) is 20.6 Å². The molecule has 1 saturated heterocycles. The van der Waals surface area contributed by atoms with Gasteiger partial charge in [0.05, 0.1) is 12.1 Å². The van der Waals surface area contributed by atoms with Crippen LogP contribution in [0.2, 0.25) is 0 Å². The Morgan fingerprint density at radius 3 is 2.73 bits per heavy atom. The van der Waals surface area contributed by atoms with Crippen LogP contribution in [0.1, 0.15) is 35.3 Å². The average Bonchev–Trinajstić information content (AvgIpc) is 3.02. The Kier molecular flexibility index (Phi) is 5.09. The quantitative estimate of drug-likeness (QED) is 0.430. The summed E-state index contributed by atoms with van der Waals surface area (Å²) in [5.74, 6) is 0.00180. The molecule has 0 amide bonds. The maximum atomic E-state index is 13.2. The number of likely N-dealkylation sites (N-methyl/N-ethyl adjacent to an activating group) is 1. The molecular formula is C21H22IN3O. The molecule has 0 saturated carbocycles. The Balaban J connectivity index is 1.74. The van der Waals surface area contributed by atoms with Crippen molar-refractivity contribution in [2.24, 2.45) is 0 Å². The molecule has 0 N–H and O–H groups in total. The highest BCUT2D eigenvalue weighted by Crippen LogP contribution is 2.25. The minimum Gasteiger partial charge on any atom is -0.302 e. The molecule has 134 valence electrons. The monoisotopic (exact) mass is 459 g/mol. The highest BCUT2D eigenvalue weighted by Gasteiger charge is 2.24. The van der Waals surface area contributed by atoms with Crippen LogP contribution in [-0.4, -0.2) is 40.1 Å². The van der Waals surface area contributed by atoms with Crippen molar-refractivity contribution < 1.29 is 4.79 Å². The molecule has 1 unspecified atom stereocenters. The van der Waals surface area contributed by atoms with Crippen LogP contribution in [0.4, 0.5) is 0 Å². The molecule has 4 rings (SSSR count). The van der Waals surface area contributed by atoms with E-state index in [1.54, 1.807) is 0 Å². The number of fused-ring (bicyclic) bond motifs is 1. The predicted molar refractivity (Wildman–Crippen MR) is 113 cm³/mol. The zero-order chi connectivity index (χ0) is 18.1. The Hall–Kier alpha value is -1.73. The lowest BCUT2D eigenvalue weighted by Crippen LogP contribution is -2.39. The number of carbonyl (C=O) groups excluding carboxylic acids is 1. The van der Waals surface area contributed by atoms with Gasteiger partial charge in [0.25, 0.3) is 0 Å². The largest absolute Gasteiger partial charge is 0.302 e. The van der Waals surface area contributed by atoms with Crippen LogP contribution in [0.5, 0.6) is 0 Å². The predicted octanol–water partition coefficient (Wildman–Crippen LogP) is 4.36. The smallest absolute Gasteiger partial charge is 0.214 e. The number of para-hydroxylation sites is 1. The fraction of sp³-hybridized carbons (Fsp3) is 0.333. The van der Waals surface area contributed by atoms with E-state index < -0.39 is 0 Å². The molecule has 0 spiro atoms. The first-order chi connectivity index (χ1) is 12.6. The number of nitrogens with zero attached hydrogens (tertiary/aromatic N) is 3. The second-order valence-electron chi connectivity index (χ2n) is 6.99. The second-order valence-corrected chi connectivity index (χ2v) is 8.15. The van der Waals surface area contributed by atoms with E-state index in [9.17, 15) is 4.79 Å². The van der Waals surface area contributed by atoms with Gasteiger partial charge in [-0.25, -0.2) is 0 Å². The third kappa shape index (κ3) is 3.30. The number of aromatic nitrogens is 2. The molecule has 1 aromatic heterocycles. The summed E-state index contributed by atoms with van der Waals surface area (Å²) in [5, 5.41) is 5.71. The van der Waals surface area contributed by atoms with E-state index in [0.717, 1.165) is 33.1 Å². The van der Waals surface area contributed by atoms with Gasteiger partial charge < -0.3 is 4.90 Å². The standard InChI is InChI=1S/C21H22IN3O/c1-24-13-7-6-8-15(24)14-25-19-12-5-3-10-17(19)20(23-25)21(26)16-9-2-4-11-18(16)22/h2-5,9-12,15H,6-8,13-14H2,1H3. The van der Waals surface area contributed by atoms with Crippen LogP contribution in [0, 0.1) is 3.57 Å². The van der Waals surface area contributed by atoms with Crippen molar-refractivity contribution in [3.05, 3.63) is 63.4 Å². The lowest BCUT2D eigenvalue weighted by Gasteiger charge is -2.32. The fourth-order valence-corrected chi connectivity index (χ4v) is 4.41. The van der Waals surface area contributed by atoms with E-state index in [4.69, 9.17) is 5.10 Å². The van der Waals surface area contributed by atoms with Crippen molar-refractivity contribution in [2.45, 2.75) is 31.8 Å². The molecule has 4 nitrogen and oxygen atoms in total. The van der Waals surface area contributed by atoms with E-state index in [2.05, 4.69) is 40.6 Å². The molecule has 1 aliphatic heterocycles. The summed E-state index contributed by atoms with van der Waals surface area (Å²) in [7, 11) is 2.19. The van der Waals surface area contributed by atoms with Crippen LogP contribution in [0.15, 0.2) is 48.5 Å². The maximum Gasteiger partial charge on any atom is 0.214 e. The van der Waals surface area contributed by atoms with E-state index in [-0.39, 0.29) is 5.78 Å². The number of rotatable bonds is 4. The van der Waals surface area contributed by atoms with Crippen LogP contribution in [0.3, 0.4) is 0 Å². The Morgan fingerprint density at radius 2 is 1.92 bits per heavy atom. The highest BCUT2D eigenvalue weighted by atomic mass is 127. The molecule has 5 heteroatoms. The van der Waals surface area contributed by atoms with Gasteiger partial charge in [-0.2, -0.15) is 5.10 Å². The fourth-order valence-electron chi connectivity index (χ4n) is 3.78. The van der Waals surface area contributed by atoms with E-state index in [1.807, 2.05) is 47.1 Å². The van der Waals surface area contributed by atoms with Gasteiger partial charge in [0.2, 0.25) is 5.78 Å². The Bertz CT molecular complexity index is 949. The van der Waals surface area contributed by atoms with Gasteiger partial charge in [-0.1, -0.05) is 36.8 Å². The minimum atomic E-state index is 0.00180. The summed E-state index contributed by atoms with van der Waals surface area (Å²) in [6, 6.07) is 16.3. The SMILES string of the molecule is CN1CCCCC1Cn1nc(C(=O)c2ccccc2I)c2ccccc21. The van der Waals surface area contributed by atoms with Gasteiger partial charge in [-0.15, -0.1) is 0 Å². The van der Waals surface area contributed by atoms with Crippen LogP contribution in [0.25, 0.3) is 10.9 Å². The highest BCUT2D eigenvalue weighted by molar-refractivity contribution is 14.1. The number of likely N-dealkylation sites (tertiary alicyclic amines) is 1. The molecule has 2 heterocycles. The van der Waals surface area contributed by atoms with E-state index in [0.29, 0.717) is 11.7 Å². The third-order valence-corrected chi connectivity index (χ3v) is 6.24. The number of carbonyl (C=O) groups is 1. The summed E-state index contributed by atoms with van der Waals surface area (Å²) in [6.07, 6.45) is 3.72. The second kappa shape index (κ2) is 7.48. The van der Waals surface area contributed by atoms with Crippen molar-refractivity contribution >= 4 is 39.3 Å². The molecule has 2 aromatic carbocycles. The lowest BCUT2D eigenvalue weighted by molar-refractivity contribution is 0.103. The van der Waals surface area contributed by atoms with E-state index >= 15 is 0 Å². The molecule has 0 bridgehead atoms. The van der Waals surface area contributed by atoms with Crippen LogP contribution in [-0.2, 0) is 6.54 Å². The summed E-state index contributed by atoms with van der Waals surface area (Å²) < 4.78 is 2.99. The van der Waals surface area contributed by atoms with E-state index in [1.165, 1.54) is 19.3 Å². The Labute approximate surface area is 167 Å². The molecule has 1 atom stereocenters. The van der Waals surface area contributed by atoms with Crippen molar-refractivity contribution in [1.82, 2.24) is 14.7 Å². The first kappa shape index (κ1) is 17.7. The number of hydrogen-bond acceptors (Lipinski definition) is 3. The molecule has 0 radical (unpaired) electrons. The van der Waals surface area contributed by atoms with Gasteiger partial charge in [-0.05, 0) is 67.2 Å². The van der Waals surface area contributed by atoms with Crippen molar-refractivity contribution in [3.63, 3.8) is 0 Å². The zero-order valence-corrected chi connectivity index (χ0v) is 17.0. The van der Waals surface area contributed by atoms with Crippen molar-refractivity contribution in [2.75, 3.05) is 13.6 Å². The van der Waals surface area contributed by atoms with Crippen LogP contribution < -0.4 is 0 Å². The third-order valence-electron chi connectivity index (χ3n) is 5.30. The molecule has 1 fully saturated rings. The van der Waals surface area contributed by atoms with Gasteiger partial charge >= 0.3 is 0 Å². The van der Waals surface area contributed by atoms with Crippen LogP contribution >= 0.6 is 22.6 Å². The number of ketones is 1. The lowest BCUT2D eigenvalue weighted by atomic mass is 10.0. The number of piperidine rings is 1. The summed E-state index contributed by atoms with van der Waals surface area (Å²) in [5.41, 5.74) is 2.32. The van der Waals surface area contributed by atoms with Crippen molar-refractivity contribution in [1.29, 1.82) is 0 Å². The van der Waals surface area contributed by atoms with Gasteiger partial charge in [0.1, 0.15) is 5.69 Å². The summed E-state index contributed by atoms with van der Waals surface area (Å²) in [6.45, 7) is 1.97. The molecule has 3 aromatic rings. The Morgan fingerprint density at radius 1 is 1.15 bits per heavy atom. The van der Waals surface area contributed by atoms with Gasteiger partial charge in [-0.3, -0.25) is 9.48 Å². The van der Waals surface area contributed by atoms with Crippen molar-refractivity contribution in [3.8, 4) is 0 Å². The summed E-state index contributed by atoms with van der Waals surface area (Å²) in [4.78, 5) is 15.6. The maximum absolute atomic E-state index is 13.2. The zero-order valence-electron chi connectivity index (χ0n) is 14.9. The molecular weight excluding hydrogens is 437 g/mol. The first-order valence-corrected chi connectivity index (χ1v) is 10.2. The molecule has 1 aliphatic rings. The number of hydrogen-bond donors (Lipinski definition) is 0. The normalized spacial score (nSPS) is 18.3. The topological polar surface area (TPSA) is 38.1 Å². The average molecular weight is 459 g/mol. The van der Waals surface area contributed by atoms with Gasteiger partial charge in [0.15, 0.2) is 0 Å². The molecule has 0 aliphatic carbocycles. The summed E-state index contributed by atoms with van der Waals surface area (Å²) >= 11 is 2.22. The number of halogens is 1. The molecule has 26 heavy (non-hydrogen) atoms.